The van der Waals surface area contributed by atoms with Gasteiger partial charge >= 0.3 is 0 Å². The Morgan fingerprint density at radius 3 is 2.17 bits per heavy atom. The number of hydrogen-bond acceptors (Lipinski definition) is 7. The Morgan fingerprint density at radius 1 is 0.943 bits per heavy atom. The number of amides is 1. The second-order valence-corrected chi connectivity index (χ2v) is 9.35. The van der Waals surface area contributed by atoms with Crippen molar-refractivity contribution in [2.75, 3.05) is 24.8 Å². The fraction of sp³-hybridized carbons (Fsp3) is 0.200. The highest BCUT2D eigenvalue weighted by molar-refractivity contribution is 7.92. The molecule has 1 atom stereocenters. The molecular formula is C25H27N3O6S. The summed E-state index contributed by atoms with van der Waals surface area (Å²) >= 11 is 0. The Bertz CT molecular complexity index is 1280. The fourth-order valence-electron chi connectivity index (χ4n) is 3.29. The number of sulfonamides is 1. The third-order valence-corrected chi connectivity index (χ3v) is 6.20. The van der Waals surface area contributed by atoms with E-state index in [1.165, 1.54) is 27.4 Å². The largest absolute Gasteiger partial charge is 0.493 e. The van der Waals surface area contributed by atoms with E-state index in [-0.39, 0.29) is 0 Å². The number of hydrogen-bond donors (Lipinski definition) is 1. The summed E-state index contributed by atoms with van der Waals surface area (Å²) in [5.74, 6) is 1.66. The van der Waals surface area contributed by atoms with Crippen molar-refractivity contribution in [3.05, 3.63) is 78.4 Å². The first kappa shape index (κ1) is 25.6. The highest BCUT2D eigenvalue weighted by Gasteiger charge is 2.29. The zero-order valence-electron chi connectivity index (χ0n) is 19.8. The van der Waals surface area contributed by atoms with Crippen molar-refractivity contribution in [2.45, 2.75) is 13.0 Å². The monoisotopic (exact) mass is 497 g/mol. The molecule has 0 aromatic heterocycles. The Kier molecular flexibility index (Phi) is 8.32. The van der Waals surface area contributed by atoms with Crippen molar-refractivity contribution in [1.82, 2.24) is 5.43 Å². The number of anilines is 1. The van der Waals surface area contributed by atoms with E-state index in [2.05, 4.69) is 10.5 Å². The molecule has 0 heterocycles. The Morgan fingerprint density at radius 2 is 1.57 bits per heavy atom. The average molecular weight is 498 g/mol. The number of methoxy groups -OCH3 is 2. The van der Waals surface area contributed by atoms with Crippen LogP contribution in [0.25, 0.3) is 0 Å². The van der Waals surface area contributed by atoms with Gasteiger partial charge in [0.15, 0.2) is 11.5 Å². The van der Waals surface area contributed by atoms with Crippen molar-refractivity contribution in [2.24, 2.45) is 5.10 Å². The van der Waals surface area contributed by atoms with E-state index in [0.29, 0.717) is 34.2 Å². The van der Waals surface area contributed by atoms with E-state index >= 15 is 0 Å². The molecule has 35 heavy (non-hydrogen) atoms. The minimum Gasteiger partial charge on any atom is -0.493 e. The lowest BCUT2D eigenvalue weighted by Gasteiger charge is -2.27. The van der Waals surface area contributed by atoms with Gasteiger partial charge in [0.2, 0.25) is 10.0 Å². The second kappa shape index (κ2) is 11.4. The van der Waals surface area contributed by atoms with Crippen molar-refractivity contribution >= 4 is 27.8 Å². The predicted molar refractivity (Wildman–Crippen MR) is 135 cm³/mol. The third-order valence-electron chi connectivity index (χ3n) is 4.95. The molecule has 0 aliphatic rings. The topological polar surface area (TPSA) is 107 Å². The number of carbonyl (C=O) groups excluding carboxylic acids is 1. The quantitative estimate of drug-likeness (QED) is 0.337. The number of benzene rings is 3. The van der Waals surface area contributed by atoms with Crippen molar-refractivity contribution in [1.29, 1.82) is 0 Å². The zero-order chi connectivity index (χ0) is 25.4. The van der Waals surface area contributed by atoms with Crippen LogP contribution in [0.3, 0.4) is 0 Å². The highest BCUT2D eigenvalue weighted by atomic mass is 32.2. The molecule has 0 aliphatic heterocycles. The zero-order valence-corrected chi connectivity index (χ0v) is 20.7. The summed E-state index contributed by atoms with van der Waals surface area (Å²) in [4.78, 5) is 12.7. The summed E-state index contributed by atoms with van der Waals surface area (Å²) in [5, 5.41) is 3.95. The second-order valence-electron chi connectivity index (χ2n) is 7.49. The summed E-state index contributed by atoms with van der Waals surface area (Å²) in [6.45, 7) is 1.48. The van der Waals surface area contributed by atoms with Crippen LogP contribution in [0.4, 0.5) is 5.69 Å². The van der Waals surface area contributed by atoms with Crippen LogP contribution in [0.1, 0.15) is 12.5 Å². The smallest absolute Gasteiger partial charge is 0.263 e. The van der Waals surface area contributed by atoms with E-state index in [0.717, 1.165) is 10.6 Å². The molecule has 0 aliphatic carbocycles. The van der Waals surface area contributed by atoms with Crippen LogP contribution in [0, 0.1) is 0 Å². The number of nitrogens with one attached hydrogen (secondary N) is 1. The molecule has 0 unspecified atom stereocenters. The molecule has 0 fully saturated rings. The number of nitrogens with zero attached hydrogens (tertiary/aromatic N) is 2. The molecule has 3 aromatic rings. The Balaban J connectivity index is 1.72. The minimum atomic E-state index is -3.78. The Hall–Kier alpha value is -4.05. The molecular weight excluding hydrogens is 470 g/mol. The van der Waals surface area contributed by atoms with Gasteiger partial charge in [-0.15, -0.1) is 0 Å². The Labute approximate surface area is 205 Å². The van der Waals surface area contributed by atoms with Gasteiger partial charge in [-0.2, -0.15) is 5.10 Å². The van der Waals surface area contributed by atoms with E-state index in [1.807, 2.05) is 30.3 Å². The first-order valence-electron chi connectivity index (χ1n) is 10.6. The summed E-state index contributed by atoms with van der Waals surface area (Å²) in [7, 11) is -0.730. The summed E-state index contributed by atoms with van der Waals surface area (Å²) in [5.41, 5.74) is 3.37. The standard InChI is InChI=1S/C25H27N3O6S/c1-18(25(29)27-26-17-19-10-15-23(32-2)24(16-19)33-3)28(35(4,30)31)20-11-13-22(14-12-20)34-21-8-6-5-7-9-21/h5-18H,1-4H3,(H,27,29)/b26-17-/t18-/m0/s1. The van der Waals surface area contributed by atoms with Crippen LogP contribution in [-0.4, -0.2) is 47.1 Å². The number of ether oxygens (including phenoxy) is 3. The molecule has 184 valence electrons. The van der Waals surface area contributed by atoms with Crippen LogP contribution < -0.4 is 23.9 Å². The van der Waals surface area contributed by atoms with Gasteiger partial charge in [0, 0.05) is 0 Å². The molecule has 0 saturated carbocycles. The molecule has 3 rings (SSSR count). The molecule has 1 N–H and O–H groups in total. The molecule has 1 amide bonds. The van der Waals surface area contributed by atoms with Crippen molar-refractivity contribution in [3.63, 3.8) is 0 Å². The number of para-hydroxylation sites is 1. The number of hydrazone groups is 1. The number of rotatable bonds is 10. The van der Waals surface area contributed by atoms with Crippen LogP contribution in [-0.2, 0) is 14.8 Å². The van der Waals surface area contributed by atoms with E-state index in [1.54, 1.807) is 42.5 Å². The van der Waals surface area contributed by atoms with Crippen LogP contribution >= 0.6 is 0 Å². The molecule has 3 aromatic carbocycles. The van der Waals surface area contributed by atoms with Crippen molar-refractivity contribution in [3.8, 4) is 23.0 Å². The van der Waals surface area contributed by atoms with Gasteiger partial charge < -0.3 is 14.2 Å². The maximum absolute atomic E-state index is 12.7. The van der Waals surface area contributed by atoms with Gasteiger partial charge in [-0.1, -0.05) is 18.2 Å². The molecule has 0 spiro atoms. The number of carbonyl (C=O) groups is 1. The van der Waals surface area contributed by atoms with Gasteiger partial charge in [0.1, 0.15) is 17.5 Å². The third kappa shape index (κ3) is 6.73. The van der Waals surface area contributed by atoms with Gasteiger partial charge in [0.05, 0.1) is 32.4 Å². The fourth-order valence-corrected chi connectivity index (χ4v) is 4.47. The average Bonchev–Trinajstić information content (AvgIpc) is 2.84. The maximum atomic E-state index is 12.7. The predicted octanol–water partition coefficient (Wildman–Crippen LogP) is 3.80. The van der Waals surface area contributed by atoms with Gasteiger partial charge in [-0.05, 0) is 67.1 Å². The van der Waals surface area contributed by atoms with Gasteiger partial charge in [-0.25, -0.2) is 13.8 Å². The molecule has 10 heteroatoms. The molecule has 9 nitrogen and oxygen atoms in total. The van der Waals surface area contributed by atoms with Crippen LogP contribution in [0.15, 0.2) is 77.9 Å². The highest BCUT2D eigenvalue weighted by Crippen LogP contribution is 2.28. The lowest BCUT2D eigenvalue weighted by atomic mass is 10.2. The van der Waals surface area contributed by atoms with Crippen LogP contribution in [0.2, 0.25) is 0 Å². The molecule has 0 radical (unpaired) electrons. The summed E-state index contributed by atoms with van der Waals surface area (Å²) in [6.07, 6.45) is 2.46. The lowest BCUT2D eigenvalue weighted by Crippen LogP contribution is -2.46. The lowest BCUT2D eigenvalue weighted by molar-refractivity contribution is -0.121. The van der Waals surface area contributed by atoms with E-state index in [4.69, 9.17) is 14.2 Å². The van der Waals surface area contributed by atoms with Crippen LogP contribution in [0.5, 0.6) is 23.0 Å². The first-order valence-corrected chi connectivity index (χ1v) is 12.4. The van der Waals surface area contributed by atoms with E-state index < -0.39 is 22.0 Å². The molecule has 0 saturated heterocycles. The normalized spacial score (nSPS) is 12.1. The van der Waals surface area contributed by atoms with E-state index in [9.17, 15) is 13.2 Å². The summed E-state index contributed by atoms with van der Waals surface area (Å²) < 4.78 is 42.3. The summed E-state index contributed by atoms with van der Waals surface area (Å²) in [6, 6.07) is 19.7. The first-order chi connectivity index (χ1) is 16.7. The molecule has 0 bridgehead atoms. The van der Waals surface area contributed by atoms with Gasteiger partial charge in [0.25, 0.3) is 5.91 Å². The maximum Gasteiger partial charge on any atom is 0.263 e. The SMILES string of the molecule is COc1ccc(/C=N\NC(=O)[C@H](C)N(c2ccc(Oc3ccccc3)cc2)S(C)(=O)=O)cc1OC. The minimum absolute atomic E-state index is 0.319. The van der Waals surface area contributed by atoms with Gasteiger partial charge in [-0.3, -0.25) is 9.10 Å². The van der Waals surface area contributed by atoms with Crippen molar-refractivity contribution < 1.29 is 27.4 Å².